The second-order valence-corrected chi connectivity index (χ2v) is 9.70. The van der Waals surface area contributed by atoms with Crippen molar-refractivity contribution in [1.82, 2.24) is 0 Å². The number of nitrogens with zero attached hydrogens (tertiary/aromatic N) is 1. The minimum Gasteiger partial charge on any atom is -0.198 e. The Kier molecular flexibility index (Phi) is 6.06. The van der Waals surface area contributed by atoms with E-state index in [4.69, 9.17) is 0 Å². The first-order valence-corrected chi connectivity index (χ1v) is 12.9. The molecule has 1 atom stereocenters. The van der Waals surface area contributed by atoms with Crippen molar-refractivity contribution in [3.63, 3.8) is 0 Å². The highest BCUT2D eigenvalue weighted by Crippen LogP contribution is 2.46. The number of hydrogen-bond acceptors (Lipinski definition) is 0. The summed E-state index contributed by atoms with van der Waals surface area (Å²) in [7, 11) is 0. The summed E-state index contributed by atoms with van der Waals surface area (Å²) in [6.07, 6.45) is 14.1. The van der Waals surface area contributed by atoms with E-state index in [0.717, 1.165) is 32.2 Å². The maximum atomic E-state index is 2.51. The Morgan fingerprint density at radius 2 is 1.64 bits per heavy atom. The van der Waals surface area contributed by atoms with Gasteiger partial charge in [0.05, 0.1) is 10.9 Å². The van der Waals surface area contributed by atoms with E-state index in [2.05, 4.69) is 104 Å². The number of unbranched alkanes of at least 4 members (excludes halogenated alkanes) is 1. The largest absolute Gasteiger partial charge is 0.220 e. The van der Waals surface area contributed by atoms with Crippen LogP contribution in [0.5, 0.6) is 0 Å². The molecule has 0 saturated carbocycles. The molecule has 1 heterocycles. The molecule has 0 amide bonds. The molecule has 168 valence electrons. The first-order chi connectivity index (χ1) is 16.2. The number of aryl methyl sites for hydroxylation is 2. The van der Waals surface area contributed by atoms with Crippen molar-refractivity contribution in [2.75, 3.05) is 0 Å². The Labute approximate surface area is 198 Å². The van der Waals surface area contributed by atoms with Crippen molar-refractivity contribution < 1.29 is 4.57 Å². The van der Waals surface area contributed by atoms with Gasteiger partial charge in [0, 0.05) is 17.9 Å². The van der Waals surface area contributed by atoms with Crippen LogP contribution in [-0.4, -0.2) is 0 Å². The van der Waals surface area contributed by atoms with Gasteiger partial charge in [-0.3, -0.25) is 0 Å². The van der Waals surface area contributed by atoms with Crippen molar-refractivity contribution >= 4 is 21.5 Å². The van der Waals surface area contributed by atoms with Gasteiger partial charge in [0.25, 0.3) is 0 Å². The first kappa shape index (κ1) is 21.9. The minimum atomic E-state index is 0.144. The molecule has 0 N–H and O–H groups in total. The molecule has 0 aliphatic heterocycles. The van der Waals surface area contributed by atoms with E-state index in [9.17, 15) is 0 Å². The van der Waals surface area contributed by atoms with Crippen LogP contribution in [-0.2, 0) is 18.4 Å². The average Bonchev–Trinajstić information content (AvgIpc) is 2.82. The fourth-order valence-corrected chi connectivity index (χ4v) is 5.63. The van der Waals surface area contributed by atoms with Crippen LogP contribution >= 0.6 is 0 Å². The van der Waals surface area contributed by atoms with Gasteiger partial charge in [-0.25, -0.2) is 0 Å². The van der Waals surface area contributed by atoms with Gasteiger partial charge in [0.1, 0.15) is 6.54 Å². The molecular formula is C32H36N+. The molecule has 1 heteroatoms. The van der Waals surface area contributed by atoms with E-state index in [-0.39, 0.29) is 5.41 Å². The second-order valence-electron chi connectivity index (χ2n) is 9.70. The molecule has 1 nitrogen and oxygen atoms in total. The van der Waals surface area contributed by atoms with Gasteiger partial charge in [-0.15, -0.1) is 0 Å². The molecule has 4 aromatic rings. The number of allylic oxidation sites excluding steroid dienone is 2. The van der Waals surface area contributed by atoms with Crippen LogP contribution < -0.4 is 4.57 Å². The highest BCUT2D eigenvalue weighted by Gasteiger charge is 2.36. The fourth-order valence-electron chi connectivity index (χ4n) is 5.63. The minimum absolute atomic E-state index is 0.144. The van der Waals surface area contributed by atoms with Gasteiger partial charge >= 0.3 is 0 Å². The fraction of sp³-hybridized carbons (Fsp3) is 0.344. The molecule has 33 heavy (non-hydrogen) atoms. The van der Waals surface area contributed by atoms with E-state index in [1.807, 2.05) is 0 Å². The SMILES string of the molecule is CCCCc1cccc2c(-c3cc4ccccc4cc3C3(CC)C=CC3)[n+](CCC)ccc12. The zero-order valence-electron chi connectivity index (χ0n) is 20.4. The summed E-state index contributed by atoms with van der Waals surface area (Å²) in [5.41, 5.74) is 5.91. The summed E-state index contributed by atoms with van der Waals surface area (Å²) in [6, 6.07) is 23.1. The van der Waals surface area contributed by atoms with Gasteiger partial charge in [-0.1, -0.05) is 75.7 Å². The van der Waals surface area contributed by atoms with Crippen molar-refractivity contribution in [3.05, 3.63) is 90.1 Å². The topological polar surface area (TPSA) is 3.88 Å². The lowest BCUT2D eigenvalue weighted by atomic mass is 9.66. The molecule has 0 saturated heterocycles. The van der Waals surface area contributed by atoms with E-state index >= 15 is 0 Å². The zero-order chi connectivity index (χ0) is 22.8. The molecule has 3 aromatic carbocycles. The van der Waals surface area contributed by atoms with E-state index < -0.39 is 0 Å². The van der Waals surface area contributed by atoms with Crippen molar-refractivity contribution in [1.29, 1.82) is 0 Å². The predicted molar refractivity (Wildman–Crippen MR) is 142 cm³/mol. The second kappa shape index (κ2) is 9.14. The normalized spacial score (nSPS) is 17.5. The van der Waals surface area contributed by atoms with E-state index in [0.29, 0.717) is 0 Å². The van der Waals surface area contributed by atoms with Crippen LogP contribution in [0, 0.1) is 0 Å². The highest BCUT2D eigenvalue weighted by atomic mass is 15.0. The predicted octanol–water partition coefficient (Wildman–Crippen LogP) is 8.31. The molecule has 1 aromatic heterocycles. The van der Waals surface area contributed by atoms with Crippen LogP contribution in [0.1, 0.15) is 64.0 Å². The van der Waals surface area contributed by atoms with Crippen LogP contribution in [0.3, 0.4) is 0 Å². The standard InChI is InChI=1S/C32H36N/c1-4-7-12-24-15-10-16-28-27(24)17-21-33(20-5-2)31(28)29-22-25-13-8-9-14-26(25)23-30(29)32(6-3)18-11-19-32/h8-11,13-18,21-23H,4-7,12,19-20H2,1-3H3/q+1. The quantitative estimate of drug-likeness (QED) is 0.194. The maximum Gasteiger partial charge on any atom is 0.220 e. The number of pyridine rings is 1. The molecule has 0 fully saturated rings. The Morgan fingerprint density at radius 1 is 0.848 bits per heavy atom. The summed E-state index contributed by atoms with van der Waals surface area (Å²) in [6.45, 7) is 7.94. The lowest BCUT2D eigenvalue weighted by Crippen LogP contribution is -2.37. The molecule has 1 aliphatic rings. The monoisotopic (exact) mass is 434 g/mol. The van der Waals surface area contributed by atoms with Gasteiger partial charge in [-0.2, -0.15) is 4.57 Å². The highest BCUT2D eigenvalue weighted by molar-refractivity contribution is 5.98. The number of hydrogen-bond donors (Lipinski definition) is 0. The van der Waals surface area contributed by atoms with Crippen LogP contribution in [0.2, 0.25) is 0 Å². The number of rotatable bonds is 8. The smallest absolute Gasteiger partial charge is 0.198 e. The maximum absolute atomic E-state index is 2.51. The molecule has 0 spiro atoms. The van der Waals surface area contributed by atoms with Crippen molar-refractivity contribution in [2.45, 2.75) is 71.3 Å². The van der Waals surface area contributed by atoms with Gasteiger partial charge < -0.3 is 0 Å². The average molecular weight is 435 g/mol. The zero-order valence-corrected chi connectivity index (χ0v) is 20.4. The van der Waals surface area contributed by atoms with E-state index in [1.54, 1.807) is 0 Å². The summed E-state index contributed by atoms with van der Waals surface area (Å²) in [4.78, 5) is 0. The van der Waals surface area contributed by atoms with Crippen LogP contribution in [0.25, 0.3) is 32.8 Å². The third-order valence-corrected chi connectivity index (χ3v) is 7.65. The molecule has 0 bridgehead atoms. The summed E-state index contributed by atoms with van der Waals surface area (Å²) in [5, 5.41) is 5.48. The number of benzene rings is 3. The summed E-state index contributed by atoms with van der Waals surface area (Å²) < 4.78 is 2.51. The third kappa shape index (κ3) is 3.78. The van der Waals surface area contributed by atoms with Gasteiger partial charge in [-0.05, 0) is 71.2 Å². The van der Waals surface area contributed by atoms with E-state index in [1.165, 1.54) is 56.8 Å². The van der Waals surface area contributed by atoms with Gasteiger partial charge in [0.2, 0.25) is 5.69 Å². The van der Waals surface area contributed by atoms with Crippen LogP contribution in [0.4, 0.5) is 0 Å². The third-order valence-electron chi connectivity index (χ3n) is 7.65. The molecule has 1 unspecified atom stereocenters. The Bertz CT molecular complexity index is 1330. The Hall–Kier alpha value is -2.93. The van der Waals surface area contributed by atoms with Crippen molar-refractivity contribution in [2.24, 2.45) is 0 Å². The lowest BCUT2D eigenvalue weighted by Gasteiger charge is -2.37. The Morgan fingerprint density at radius 3 is 2.30 bits per heavy atom. The first-order valence-electron chi connectivity index (χ1n) is 12.9. The number of aromatic nitrogens is 1. The summed E-state index contributed by atoms with van der Waals surface area (Å²) in [5.74, 6) is 0. The lowest BCUT2D eigenvalue weighted by molar-refractivity contribution is -0.685. The summed E-state index contributed by atoms with van der Waals surface area (Å²) >= 11 is 0. The molecular weight excluding hydrogens is 398 g/mol. The molecule has 1 aliphatic carbocycles. The van der Waals surface area contributed by atoms with Gasteiger partial charge in [0.15, 0.2) is 6.20 Å². The molecule has 0 radical (unpaired) electrons. The Balaban J connectivity index is 1.85. The number of fused-ring (bicyclic) bond motifs is 2. The molecule has 5 rings (SSSR count). The van der Waals surface area contributed by atoms with Crippen molar-refractivity contribution in [3.8, 4) is 11.3 Å². The van der Waals surface area contributed by atoms with Crippen LogP contribution in [0.15, 0.2) is 79.0 Å².